The van der Waals surface area contributed by atoms with Gasteiger partial charge in [-0.15, -0.1) is 12.4 Å². The number of rotatable bonds is 0. The van der Waals surface area contributed by atoms with Crippen molar-refractivity contribution in [2.24, 2.45) is 5.41 Å². The van der Waals surface area contributed by atoms with Crippen LogP contribution in [0.15, 0.2) is 24.3 Å². The van der Waals surface area contributed by atoms with Crippen LogP contribution in [-0.2, 0) is 11.2 Å². The maximum atomic E-state index is 12.2. The molecule has 0 saturated carbocycles. The highest BCUT2D eigenvalue weighted by Crippen LogP contribution is 2.39. The molecule has 1 amide bonds. The molecule has 3 rings (SSSR count). The maximum Gasteiger partial charge on any atom is 0.231 e. The minimum Gasteiger partial charge on any atom is -0.325 e. The van der Waals surface area contributed by atoms with Crippen LogP contribution in [0.4, 0.5) is 5.69 Å². The Balaban J connectivity index is 0.00000108. The molecule has 0 radical (unpaired) electrons. The van der Waals surface area contributed by atoms with Gasteiger partial charge in [-0.2, -0.15) is 0 Å². The molecule has 0 aliphatic carbocycles. The number of amides is 1. The number of para-hydroxylation sites is 1. The first-order valence-corrected chi connectivity index (χ1v) is 5.90. The van der Waals surface area contributed by atoms with E-state index in [0.717, 1.165) is 38.0 Å². The Morgan fingerprint density at radius 1 is 1.12 bits per heavy atom. The van der Waals surface area contributed by atoms with Crippen LogP contribution < -0.4 is 10.6 Å². The van der Waals surface area contributed by atoms with E-state index in [-0.39, 0.29) is 23.7 Å². The fourth-order valence-corrected chi connectivity index (χ4v) is 2.81. The Bertz CT molecular complexity index is 427. The molecule has 1 aromatic rings. The first kappa shape index (κ1) is 12.4. The predicted molar refractivity (Wildman–Crippen MR) is 70.6 cm³/mol. The predicted octanol–water partition coefficient (Wildman–Crippen LogP) is 1.97. The van der Waals surface area contributed by atoms with E-state index in [0.29, 0.717) is 0 Å². The van der Waals surface area contributed by atoms with Gasteiger partial charge in [-0.1, -0.05) is 18.2 Å². The lowest BCUT2D eigenvalue weighted by molar-refractivity contribution is -0.127. The Hall–Kier alpha value is -1.06. The summed E-state index contributed by atoms with van der Waals surface area (Å²) in [6, 6.07) is 8.13. The molecule has 4 heteroatoms. The first-order chi connectivity index (χ1) is 7.80. The van der Waals surface area contributed by atoms with Crippen LogP contribution in [0.3, 0.4) is 0 Å². The second kappa shape index (κ2) is 4.67. The number of hydrogen-bond donors (Lipinski definition) is 2. The van der Waals surface area contributed by atoms with E-state index in [1.807, 2.05) is 18.2 Å². The number of anilines is 1. The van der Waals surface area contributed by atoms with Gasteiger partial charge in [0.05, 0.1) is 5.41 Å². The number of fused-ring (bicyclic) bond motifs is 1. The van der Waals surface area contributed by atoms with E-state index in [1.54, 1.807) is 0 Å². The van der Waals surface area contributed by atoms with Crippen molar-refractivity contribution in [3.8, 4) is 0 Å². The van der Waals surface area contributed by atoms with Crippen LogP contribution in [-0.4, -0.2) is 19.0 Å². The van der Waals surface area contributed by atoms with Crippen LogP contribution in [0, 0.1) is 5.41 Å². The van der Waals surface area contributed by atoms with Gasteiger partial charge in [-0.3, -0.25) is 4.79 Å². The van der Waals surface area contributed by atoms with E-state index in [4.69, 9.17) is 0 Å². The fraction of sp³-hybridized carbons (Fsp3) is 0.462. The van der Waals surface area contributed by atoms with Gasteiger partial charge < -0.3 is 10.6 Å². The number of carbonyl (C=O) groups excluding carboxylic acids is 1. The van der Waals surface area contributed by atoms with Crippen molar-refractivity contribution >= 4 is 24.0 Å². The zero-order valence-corrected chi connectivity index (χ0v) is 10.5. The van der Waals surface area contributed by atoms with Gasteiger partial charge in [0, 0.05) is 5.69 Å². The number of halogens is 1. The minimum atomic E-state index is -0.153. The van der Waals surface area contributed by atoms with Crippen molar-refractivity contribution in [1.82, 2.24) is 5.32 Å². The Morgan fingerprint density at radius 3 is 2.59 bits per heavy atom. The molecular weight excluding hydrogens is 236 g/mol. The normalized spacial score (nSPS) is 21.3. The van der Waals surface area contributed by atoms with Crippen molar-refractivity contribution in [3.05, 3.63) is 29.8 Å². The molecule has 0 aromatic heterocycles. The smallest absolute Gasteiger partial charge is 0.231 e. The maximum absolute atomic E-state index is 12.2. The standard InChI is InChI=1S/C13H16N2O.ClH/c16-12-13(5-7-14-8-6-13)9-10-3-1-2-4-11(10)15-12;/h1-4,14H,5-9H2,(H,15,16);1H. The summed E-state index contributed by atoms with van der Waals surface area (Å²) in [5.74, 6) is 0.215. The van der Waals surface area contributed by atoms with E-state index < -0.39 is 0 Å². The van der Waals surface area contributed by atoms with Crippen LogP contribution in [0.25, 0.3) is 0 Å². The summed E-state index contributed by atoms with van der Waals surface area (Å²) < 4.78 is 0. The molecule has 2 aliphatic rings. The summed E-state index contributed by atoms with van der Waals surface area (Å²) in [5.41, 5.74) is 2.13. The van der Waals surface area contributed by atoms with E-state index in [2.05, 4.69) is 16.7 Å². The summed E-state index contributed by atoms with van der Waals surface area (Å²) in [5, 5.41) is 6.37. The molecule has 2 aliphatic heterocycles. The summed E-state index contributed by atoms with van der Waals surface area (Å²) in [6.45, 7) is 1.91. The Kier molecular flexibility index (Phi) is 3.40. The Labute approximate surface area is 107 Å². The first-order valence-electron chi connectivity index (χ1n) is 5.90. The van der Waals surface area contributed by atoms with E-state index >= 15 is 0 Å². The van der Waals surface area contributed by atoms with Gasteiger partial charge in [0.2, 0.25) is 5.91 Å². The molecule has 1 fully saturated rings. The SMILES string of the molecule is Cl.O=C1Nc2ccccc2CC12CCNCC2. The van der Waals surface area contributed by atoms with E-state index in [9.17, 15) is 4.79 Å². The zero-order valence-electron chi connectivity index (χ0n) is 9.66. The number of nitrogens with one attached hydrogen (secondary N) is 2. The monoisotopic (exact) mass is 252 g/mol. The van der Waals surface area contributed by atoms with Crippen LogP contribution in [0.1, 0.15) is 18.4 Å². The second-order valence-corrected chi connectivity index (χ2v) is 4.82. The van der Waals surface area contributed by atoms with Crippen LogP contribution in [0.5, 0.6) is 0 Å². The highest BCUT2D eigenvalue weighted by molar-refractivity contribution is 5.98. The largest absolute Gasteiger partial charge is 0.325 e. The van der Waals surface area contributed by atoms with E-state index in [1.165, 1.54) is 5.56 Å². The number of piperidine rings is 1. The molecule has 92 valence electrons. The van der Waals surface area contributed by atoms with Crippen molar-refractivity contribution in [1.29, 1.82) is 0 Å². The van der Waals surface area contributed by atoms with Gasteiger partial charge in [-0.25, -0.2) is 0 Å². The molecule has 17 heavy (non-hydrogen) atoms. The number of carbonyl (C=O) groups is 1. The molecule has 0 bridgehead atoms. The van der Waals surface area contributed by atoms with Crippen molar-refractivity contribution in [2.75, 3.05) is 18.4 Å². The van der Waals surface area contributed by atoms with Gasteiger partial charge in [0.1, 0.15) is 0 Å². The zero-order chi connectivity index (χ0) is 11.0. The summed E-state index contributed by atoms with van der Waals surface area (Å²) >= 11 is 0. The molecule has 0 atom stereocenters. The van der Waals surface area contributed by atoms with Gasteiger partial charge >= 0.3 is 0 Å². The lowest BCUT2D eigenvalue weighted by Gasteiger charge is -2.39. The molecule has 0 unspecified atom stereocenters. The van der Waals surface area contributed by atoms with Gasteiger partial charge in [-0.05, 0) is 44.0 Å². The lowest BCUT2D eigenvalue weighted by atomic mass is 9.71. The summed E-state index contributed by atoms with van der Waals surface area (Å²) in [6.07, 6.45) is 2.80. The molecule has 3 nitrogen and oxygen atoms in total. The highest BCUT2D eigenvalue weighted by Gasteiger charge is 2.42. The molecular formula is C13H17ClN2O. The third kappa shape index (κ3) is 2.05. The minimum absolute atomic E-state index is 0. The topological polar surface area (TPSA) is 41.1 Å². The third-order valence-electron chi connectivity index (χ3n) is 3.84. The summed E-state index contributed by atoms with van der Waals surface area (Å²) in [7, 11) is 0. The average Bonchev–Trinajstić information content (AvgIpc) is 2.32. The van der Waals surface area contributed by atoms with Gasteiger partial charge in [0.15, 0.2) is 0 Å². The number of hydrogen-bond acceptors (Lipinski definition) is 2. The second-order valence-electron chi connectivity index (χ2n) is 4.82. The molecule has 2 N–H and O–H groups in total. The summed E-state index contributed by atoms with van der Waals surface area (Å²) in [4.78, 5) is 12.2. The van der Waals surface area contributed by atoms with Crippen LogP contribution in [0.2, 0.25) is 0 Å². The van der Waals surface area contributed by atoms with Crippen LogP contribution >= 0.6 is 12.4 Å². The Morgan fingerprint density at radius 2 is 1.82 bits per heavy atom. The molecule has 2 heterocycles. The average molecular weight is 253 g/mol. The third-order valence-corrected chi connectivity index (χ3v) is 3.84. The molecule has 1 spiro atoms. The fourth-order valence-electron chi connectivity index (χ4n) is 2.81. The molecule has 1 aromatic carbocycles. The quantitative estimate of drug-likeness (QED) is 0.741. The van der Waals surface area contributed by atoms with Crippen molar-refractivity contribution < 1.29 is 4.79 Å². The van der Waals surface area contributed by atoms with Crippen molar-refractivity contribution in [3.63, 3.8) is 0 Å². The van der Waals surface area contributed by atoms with Crippen molar-refractivity contribution in [2.45, 2.75) is 19.3 Å². The van der Waals surface area contributed by atoms with Gasteiger partial charge in [0.25, 0.3) is 0 Å². The lowest BCUT2D eigenvalue weighted by Crippen LogP contribution is -2.48. The highest BCUT2D eigenvalue weighted by atomic mass is 35.5. The number of benzene rings is 1. The molecule has 1 saturated heterocycles.